The molecule has 26 heavy (non-hydrogen) atoms. The van der Waals surface area contributed by atoms with E-state index in [9.17, 15) is 4.79 Å². The zero-order valence-corrected chi connectivity index (χ0v) is 16.6. The number of nitrogens with one attached hydrogen (secondary N) is 1. The van der Waals surface area contributed by atoms with E-state index in [1.165, 1.54) is 6.42 Å². The molecule has 1 aromatic rings. The number of rotatable bonds is 6. The lowest BCUT2D eigenvalue weighted by atomic mass is 9.91. The number of carbonyl (C=O) groups is 1. The summed E-state index contributed by atoms with van der Waals surface area (Å²) in [6, 6.07) is 5.90. The summed E-state index contributed by atoms with van der Waals surface area (Å²) < 4.78 is 11.4. The molecule has 0 radical (unpaired) electrons. The summed E-state index contributed by atoms with van der Waals surface area (Å²) in [7, 11) is 2.00. The van der Waals surface area contributed by atoms with Crippen molar-refractivity contribution < 1.29 is 14.3 Å². The first-order chi connectivity index (χ1) is 12.2. The van der Waals surface area contributed by atoms with Gasteiger partial charge in [0.15, 0.2) is 0 Å². The third-order valence-corrected chi connectivity index (χ3v) is 5.33. The molecule has 1 aromatic carbocycles. The summed E-state index contributed by atoms with van der Waals surface area (Å²) in [5.41, 5.74) is 1.08. The third-order valence-electron chi connectivity index (χ3n) is 5.33. The van der Waals surface area contributed by atoms with Gasteiger partial charge in [0.2, 0.25) is 5.91 Å². The van der Waals surface area contributed by atoms with Crippen molar-refractivity contribution in [1.82, 2.24) is 10.2 Å². The Morgan fingerprint density at radius 2 is 2.12 bits per heavy atom. The van der Waals surface area contributed by atoms with E-state index < -0.39 is 0 Å². The molecule has 2 aliphatic rings. The van der Waals surface area contributed by atoms with Crippen LogP contribution in [0.4, 0.5) is 0 Å². The maximum Gasteiger partial charge on any atom is 0.229 e. The van der Waals surface area contributed by atoms with E-state index in [1.807, 2.05) is 37.1 Å². The van der Waals surface area contributed by atoms with Gasteiger partial charge >= 0.3 is 0 Å². The van der Waals surface area contributed by atoms with Crippen LogP contribution < -0.4 is 14.8 Å². The topological polar surface area (TPSA) is 50.8 Å². The van der Waals surface area contributed by atoms with Crippen molar-refractivity contribution in [2.24, 2.45) is 11.8 Å². The highest BCUT2D eigenvalue weighted by Gasteiger charge is 2.31. The molecule has 1 amide bonds. The van der Waals surface area contributed by atoms with Crippen LogP contribution in [0.1, 0.15) is 31.7 Å². The minimum absolute atomic E-state index is 0. The van der Waals surface area contributed by atoms with Crippen molar-refractivity contribution >= 4 is 18.3 Å². The molecule has 3 rings (SSSR count). The maximum atomic E-state index is 12.9. The zero-order valence-electron chi connectivity index (χ0n) is 15.8. The van der Waals surface area contributed by atoms with Gasteiger partial charge in [0, 0.05) is 13.1 Å². The molecule has 1 saturated heterocycles. The van der Waals surface area contributed by atoms with Gasteiger partial charge in [-0.25, -0.2) is 0 Å². The summed E-state index contributed by atoms with van der Waals surface area (Å²) in [5.74, 6) is 2.66. The number of benzene rings is 1. The van der Waals surface area contributed by atoms with Gasteiger partial charge in [0.25, 0.3) is 0 Å². The highest BCUT2D eigenvalue weighted by atomic mass is 35.5. The van der Waals surface area contributed by atoms with Crippen molar-refractivity contribution in [1.29, 1.82) is 0 Å². The fraction of sp³-hybridized carbons (Fsp3) is 0.650. The molecule has 5 nitrogen and oxygen atoms in total. The Kier molecular flexibility index (Phi) is 8.04. The van der Waals surface area contributed by atoms with Gasteiger partial charge in [-0.15, -0.1) is 12.4 Å². The SMILES string of the molecule is CCOc1ccc2c(c1)CC(C(=O)N1CCC(CCNC)CC1)CO2.Cl. The number of hydrogen-bond donors (Lipinski definition) is 1. The van der Waals surface area contributed by atoms with Gasteiger partial charge in [-0.05, 0) is 75.9 Å². The maximum absolute atomic E-state index is 12.9. The van der Waals surface area contributed by atoms with Gasteiger partial charge in [-0.1, -0.05) is 0 Å². The lowest BCUT2D eigenvalue weighted by Gasteiger charge is -2.35. The van der Waals surface area contributed by atoms with E-state index in [-0.39, 0.29) is 24.2 Å². The third kappa shape index (κ3) is 5.04. The van der Waals surface area contributed by atoms with Crippen molar-refractivity contribution in [2.75, 3.05) is 39.9 Å². The van der Waals surface area contributed by atoms with E-state index in [1.54, 1.807) is 0 Å². The number of fused-ring (bicyclic) bond motifs is 1. The Morgan fingerprint density at radius 3 is 2.81 bits per heavy atom. The number of amides is 1. The Morgan fingerprint density at radius 1 is 1.35 bits per heavy atom. The summed E-state index contributed by atoms with van der Waals surface area (Å²) >= 11 is 0. The molecule has 6 heteroatoms. The summed E-state index contributed by atoms with van der Waals surface area (Å²) in [6.07, 6.45) is 4.19. The Labute approximate surface area is 162 Å². The van der Waals surface area contributed by atoms with Crippen molar-refractivity contribution in [3.8, 4) is 11.5 Å². The first kappa shape index (κ1) is 20.8. The van der Waals surface area contributed by atoms with Crippen LogP contribution in [0.3, 0.4) is 0 Å². The highest BCUT2D eigenvalue weighted by molar-refractivity contribution is 5.85. The Hall–Kier alpha value is -1.46. The van der Waals surface area contributed by atoms with Crippen LogP contribution in [0.25, 0.3) is 0 Å². The summed E-state index contributed by atoms with van der Waals surface area (Å²) in [6.45, 7) is 5.94. The number of hydrogen-bond acceptors (Lipinski definition) is 4. The molecular formula is C20H31ClN2O3. The molecule has 0 saturated carbocycles. The van der Waals surface area contributed by atoms with Crippen LogP contribution in [-0.4, -0.2) is 50.7 Å². The highest BCUT2D eigenvalue weighted by Crippen LogP contribution is 2.32. The van der Waals surface area contributed by atoms with Crippen LogP contribution in [-0.2, 0) is 11.2 Å². The van der Waals surface area contributed by atoms with Crippen molar-refractivity contribution in [3.63, 3.8) is 0 Å². The predicted octanol–water partition coefficient (Wildman–Crippen LogP) is 2.91. The second-order valence-corrected chi connectivity index (χ2v) is 7.08. The fourth-order valence-corrected chi connectivity index (χ4v) is 3.83. The van der Waals surface area contributed by atoms with Crippen LogP contribution in [0.2, 0.25) is 0 Å². The molecule has 0 aliphatic carbocycles. The summed E-state index contributed by atoms with van der Waals surface area (Å²) in [4.78, 5) is 14.9. The van der Waals surface area contributed by atoms with Crippen LogP contribution in [0.15, 0.2) is 18.2 Å². The smallest absolute Gasteiger partial charge is 0.229 e. The van der Waals surface area contributed by atoms with Crippen LogP contribution in [0.5, 0.6) is 11.5 Å². The van der Waals surface area contributed by atoms with E-state index in [4.69, 9.17) is 9.47 Å². The normalized spacial score (nSPS) is 19.9. The molecule has 0 spiro atoms. The van der Waals surface area contributed by atoms with Crippen LogP contribution >= 0.6 is 12.4 Å². The second-order valence-electron chi connectivity index (χ2n) is 7.08. The average Bonchev–Trinajstić information content (AvgIpc) is 2.66. The van der Waals surface area contributed by atoms with Gasteiger partial charge in [-0.2, -0.15) is 0 Å². The van der Waals surface area contributed by atoms with Crippen molar-refractivity contribution in [3.05, 3.63) is 23.8 Å². The van der Waals surface area contributed by atoms with E-state index >= 15 is 0 Å². The average molecular weight is 383 g/mol. The molecule has 2 heterocycles. The van der Waals surface area contributed by atoms with E-state index in [0.717, 1.165) is 61.9 Å². The number of likely N-dealkylation sites (tertiary alicyclic amines) is 1. The molecule has 1 unspecified atom stereocenters. The lowest BCUT2D eigenvalue weighted by molar-refractivity contribution is -0.138. The second kappa shape index (κ2) is 10.0. The van der Waals surface area contributed by atoms with Crippen LogP contribution in [0, 0.1) is 11.8 Å². The quantitative estimate of drug-likeness (QED) is 0.821. The molecule has 1 N–H and O–H groups in total. The first-order valence-corrected chi connectivity index (χ1v) is 9.53. The van der Waals surface area contributed by atoms with E-state index in [0.29, 0.717) is 13.2 Å². The zero-order chi connectivity index (χ0) is 17.6. The van der Waals surface area contributed by atoms with Crippen molar-refractivity contribution in [2.45, 2.75) is 32.6 Å². The molecule has 146 valence electrons. The number of halogens is 1. The van der Waals surface area contributed by atoms with Gasteiger partial charge in [0.1, 0.15) is 18.1 Å². The Balaban J connectivity index is 0.00000243. The molecule has 0 aromatic heterocycles. The van der Waals surface area contributed by atoms with Gasteiger partial charge in [0.05, 0.1) is 12.5 Å². The van der Waals surface area contributed by atoms with E-state index in [2.05, 4.69) is 5.32 Å². The fourth-order valence-electron chi connectivity index (χ4n) is 3.83. The molecule has 2 aliphatic heterocycles. The standard InChI is InChI=1S/C20H30N2O3.ClH/c1-3-24-18-4-5-19-16(13-18)12-17(14-25-19)20(23)22-10-7-15(8-11-22)6-9-21-2;/h4-5,13,15,17,21H,3,6-12,14H2,1-2H3;1H. The predicted molar refractivity (Wildman–Crippen MR) is 105 cm³/mol. The molecule has 0 bridgehead atoms. The molecular weight excluding hydrogens is 352 g/mol. The Bertz CT molecular complexity index is 588. The monoisotopic (exact) mass is 382 g/mol. The lowest BCUT2D eigenvalue weighted by Crippen LogP contribution is -2.45. The van der Waals surface area contributed by atoms with Gasteiger partial charge < -0.3 is 19.7 Å². The first-order valence-electron chi connectivity index (χ1n) is 9.53. The number of piperidine rings is 1. The largest absolute Gasteiger partial charge is 0.494 e. The minimum Gasteiger partial charge on any atom is -0.494 e. The molecule has 1 atom stereocenters. The number of ether oxygens (including phenoxy) is 2. The van der Waals surface area contributed by atoms with Gasteiger partial charge in [-0.3, -0.25) is 4.79 Å². The number of carbonyl (C=O) groups excluding carboxylic acids is 1. The molecule has 1 fully saturated rings. The minimum atomic E-state index is -0.0711. The summed E-state index contributed by atoms with van der Waals surface area (Å²) in [5, 5.41) is 3.22. The number of nitrogens with zero attached hydrogens (tertiary/aromatic N) is 1.